The maximum absolute atomic E-state index is 13.1. The molecule has 4 rings (SSSR count). The van der Waals surface area contributed by atoms with Gasteiger partial charge in [-0.1, -0.05) is 12.1 Å². The number of anilines is 1. The van der Waals surface area contributed by atoms with Crippen molar-refractivity contribution >= 4 is 5.69 Å². The highest BCUT2D eigenvalue weighted by Crippen LogP contribution is 2.23. The van der Waals surface area contributed by atoms with Crippen LogP contribution in [0.15, 0.2) is 53.1 Å². The molecule has 0 radical (unpaired) electrons. The van der Waals surface area contributed by atoms with Gasteiger partial charge in [0, 0.05) is 11.3 Å². The molecule has 1 aromatic heterocycles. The van der Waals surface area contributed by atoms with Crippen molar-refractivity contribution in [2.24, 2.45) is 0 Å². The summed E-state index contributed by atoms with van der Waals surface area (Å²) in [6.45, 7) is 9.33. The predicted octanol–water partition coefficient (Wildman–Crippen LogP) is 3.00. The van der Waals surface area contributed by atoms with Gasteiger partial charge in [0.05, 0.1) is 32.4 Å². The lowest BCUT2D eigenvalue weighted by Gasteiger charge is -2.34. The molecule has 0 bridgehead atoms. The molecule has 0 unspecified atom stereocenters. The minimum atomic E-state index is -0.246. The molecule has 0 atom stereocenters. The van der Waals surface area contributed by atoms with Crippen molar-refractivity contribution in [2.45, 2.75) is 20.4 Å². The van der Waals surface area contributed by atoms with E-state index < -0.39 is 0 Å². The van der Waals surface area contributed by atoms with Crippen LogP contribution in [-0.2, 0) is 6.54 Å². The van der Waals surface area contributed by atoms with Crippen molar-refractivity contribution in [1.29, 1.82) is 0 Å². The highest BCUT2D eigenvalue weighted by molar-refractivity contribution is 5.56. The highest BCUT2D eigenvalue weighted by Gasteiger charge is 2.23. The topological polar surface area (TPSA) is 33.7 Å². The quantitative estimate of drug-likeness (QED) is 0.771. The summed E-state index contributed by atoms with van der Waals surface area (Å²) in [6, 6.07) is 12.8. The van der Waals surface area contributed by atoms with E-state index in [1.54, 1.807) is 18.3 Å². The van der Waals surface area contributed by atoms with E-state index in [1.165, 1.54) is 33.8 Å². The maximum Gasteiger partial charge on any atom is 0.250 e. The Balaban J connectivity index is 1.37. The van der Waals surface area contributed by atoms with E-state index in [0.29, 0.717) is 5.76 Å². The molecule has 1 N–H and O–H groups in total. The van der Waals surface area contributed by atoms with E-state index in [-0.39, 0.29) is 5.82 Å². The summed E-state index contributed by atoms with van der Waals surface area (Å²) in [5, 5.41) is 0. The third-order valence-corrected chi connectivity index (χ3v) is 5.47. The SMILES string of the molecule is Cc1cccc(N2CC[NH+](Cc3ncc(-c4ccc(F)cc4)o3)CC2)c1C. The Labute approximate surface area is 159 Å². The third-order valence-electron chi connectivity index (χ3n) is 5.47. The van der Waals surface area contributed by atoms with Gasteiger partial charge in [-0.2, -0.15) is 0 Å². The van der Waals surface area contributed by atoms with E-state index in [9.17, 15) is 4.39 Å². The van der Waals surface area contributed by atoms with Gasteiger partial charge in [-0.05, 0) is 55.3 Å². The molecule has 3 aromatic rings. The molecule has 1 saturated heterocycles. The first kappa shape index (κ1) is 17.7. The van der Waals surface area contributed by atoms with Gasteiger partial charge in [0.25, 0.3) is 5.89 Å². The predicted molar refractivity (Wildman–Crippen MR) is 104 cm³/mol. The number of quaternary nitrogens is 1. The zero-order valence-corrected chi connectivity index (χ0v) is 15.8. The van der Waals surface area contributed by atoms with Crippen molar-refractivity contribution in [3.63, 3.8) is 0 Å². The van der Waals surface area contributed by atoms with E-state index in [4.69, 9.17) is 4.42 Å². The van der Waals surface area contributed by atoms with Gasteiger partial charge in [-0.3, -0.25) is 0 Å². The molecular weight excluding hydrogens is 341 g/mol. The van der Waals surface area contributed by atoms with Gasteiger partial charge in [-0.25, -0.2) is 9.37 Å². The molecule has 4 nitrogen and oxygen atoms in total. The molecule has 2 aromatic carbocycles. The van der Waals surface area contributed by atoms with Crippen molar-refractivity contribution in [3.8, 4) is 11.3 Å². The number of benzene rings is 2. The van der Waals surface area contributed by atoms with Crippen LogP contribution in [0.3, 0.4) is 0 Å². The fraction of sp³-hybridized carbons (Fsp3) is 0.318. The molecule has 27 heavy (non-hydrogen) atoms. The number of piperazine rings is 1. The molecule has 0 saturated carbocycles. The van der Waals surface area contributed by atoms with Gasteiger partial charge in [0.1, 0.15) is 5.82 Å². The normalized spacial score (nSPS) is 15.3. The van der Waals surface area contributed by atoms with Crippen LogP contribution in [0.1, 0.15) is 17.0 Å². The maximum atomic E-state index is 13.1. The second-order valence-electron chi connectivity index (χ2n) is 7.26. The summed E-state index contributed by atoms with van der Waals surface area (Å²) >= 11 is 0. The lowest BCUT2D eigenvalue weighted by molar-refractivity contribution is -0.915. The van der Waals surface area contributed by atoms with Crippen LogP contribution in [0, 0.1) is 19.7 Å². The van der Waals surface area contributed by atoms with Gasteiger partial charge in [0.2, 0.25) is 0 Å². The van der Waals surface area contributed by atoms with Crippen LogP contribution in [-0.4, -0.2) is 31.2 Å². The lowest BCUT2D eigenvalue weighted by Crippen LogP contribution is -3.13. The molecule has 0 spiro atoms. The minimum absolute atomic E-state index is 0.246. The Bertz CT molecular complexity index is 912. The van der Waals surface area contributed by atoms with Crippen molar-refractivity contribution < 1.29 is 13.7 Å². The van der Waals surface area contributed by atoms with Gasteiger partial charge >= 0.3 is 0 Å². The van der Waals surface area contributed by atoms with Crippen molar-refractivity contribution in [1.82, 2.24) is 4.98 Å². The Morgan fingerprint density at radius 3 is 2.56 bits per heavy atom. The monoisotopic (exact) mass is 366 g/mol. The molecule has 0 amide bonds. The van der Waals surface area contributed by atoms with E-state index >= 15 is 0 Å². The standard InChI is InChI=1S/C22H24FN3O/c1-16-4-3-5-20(17(16)2)26-12-10-25(11-13-26)15-22-24-14-21(27-22)18-6-8-19(23)9-7-18/h3-9,14H,10-13,15H2,1-2H3/p+1. The van der Waals surface area contributed by atoms with Gasteiger partial charge in [0.15, 0.2) is 12.3 Å². The van der Waals surface area contributed by atoms with E-state index in [1.807, 2.05) is 0 Å². The molecular formula is C22H25FN3O+. The number of nitrogens with zero attached hydrogens (tertiary/aromatic N) is 2. The van der Waals surface area contributed by atoms with Crippen molar-refractivity contribution in [3.05, 3.63) is 71.5 Å². The zero-order chi connectivity index (χ0) is 18.8. The number of hydrogen-bond donors (Lipinski definition) is 1. The first-order valence-electron chi connectivity index (χ1n) is 9.45. The summed E-state index contributed by atoms with van der Waals surface area (Å²) in [5.41, 5.74) is 4.92. The molecule has 0 aliphatic carbocycles. The summed E-state index contributed by atoms with van der Waals surface area (Å²) in [7, 11) is 0. The van der Waals surface area contributed by atoms with Crippen LogP contribution in [0.5, 0.6) is 0 Å². The number of aromatic nitrogens is 1. The summed E-state index contributed by atoms with van der Waals surface area (Å²) in [6.07, 6.45) is 1.73. The zero-order valence-electron chi connectivity index (χ0n) is 15.8. The van der Waals surface area contributed by atoms with Crippen LogP contribution < -0.4 is 9.80 Å². The Kier molecular flexibility index (Phi) is 4.94. The van der Waals surface area contributed by atoms with Gasteiger partial charge < -0.3 is 14.2 Å². The first-order valence-corrected chi connectivity index (χ1v) is 9.45. The molecule has 1 fully saturated rings. The highest BCUT2D eigenvalue weighted by atomic mass is 19.1. The van der Waals surface area contributed by atoms with Crippen molar-refractivity contribution in [2.75, 3.05) is 31.1 Å². The first-order chi connectivity index (χ1) is 13.1. The third kappa shape index (κ3) is 3.88. The average Bonchev–Trinajstić information content (AvgIpc) is 3.14. The Morgan fingerprint density at radius 1 is 1.07 bits per heavy atom. The largest absolute Gasteiger partial charge is 0.435 e. The molecule has 1 aliphatic rings. The summed E-state index contributed by atoms with van der Waals surface area (Å²) in [4.78, 5) is 8.37. The molecule has 140 valence electrons. The Morgan fingerprint density at radius 2 is 1.81 bits per heavy atom. The van der Waals surface area contributed by atoms with Crippen LogP contribution >= 0.6 is 0 Å². The van der Waals surface area contributed by atoms with E-state index in [0.717, 1.165) is 44.2 Å². The van der Waals surface area contributed by atoms with Crippen LogP contribution in [0.25, 0.3) is 11.3 Å². The smallest absolute Gasteiger partial charge is 0.250 e. The lowest BCUT2D eigenvalue weighted by atomic mass is 10.1. The van der Waals surface area contributed by atoms with Crippen LogP contribution in [0.4, 0.5) is 10.1 Å². The number of rotatable bonds is 4. The Hall–Kier alpha value is -2.66. The number of nitrogens with one attached hydrogen (secondary N) is 1. The fourth-order valence-corrected chi connectivity index (χ4v) is 3.67. The number of aryl methyl sites for hydroxylation is 1. The summed E-state index contributed by atoms with van der Waals surface area (Å²) < 4.78 is 19.0. The van der Waals surface area contributed by atoms with Crippen LogP contribution in [0.2, 0.25) is 0 Å². The summed E-state index contributed by atoms with van der Waals surface area (Å²) in [5.74, 6) is 1.19. The van der Waals surface area contributed by atoms with E-state index in [2.05, 4.69) is 41.9 Å². The molecule has 1 aliphatic heterocycles. The second-order valence-corrected chi connectivity index (χ2v) is 7.26. The number of oxazole rings is 1. The molecule has 5 heteroatoms. The number of hydrogen-bond acceptors (Lipinski definition) is 3. The van der Waals surface area contributed by atoms with Gasteiger partial charge in [-0.15, -0.1) is 0 Å². The minimum Gasteiger partial charge on any atom is -0.435 e. The second kappa shape index (κ2) is 7.53. The fourth-order valence-electron chi connectivity index (χ4n) is 3.67. The molecule has 2 heterocycles. The number of halogens is 1. The average molecular weight is 366 g/mol.